The first-order chi connectivity index (χ1) is 12.3. The number of amides is 1. The van der Waals surface area contributed by atoms with Gasteiger partial charge in [0, 0.05) is 37.9 Å². The zero-order valence-corrected chi connectivity index (χ0v) is 17.0. The lowest BCUT2D eigenvalue weighted by molar-refractivity contribution is -0.119. The molecule has 2 atom stereocenters. The lowest BCUT2D eigenvalue weighted by atomic mass is 9.90. The number of hydrogen-bond acceptors (Lipinski definition) is 5. The lowest BCUT2D eigenvalue weighted by Gasteiger charge is -2.17. The average molecular weight is 414 g/mol. The van der Waals surface area contributed by atoms with Crippen molar-refractivity contribution in [2.45, 2.75) is 17.7 Å². The largest absolute Gasteiger partial charge is 0.326 e. The molecule has 10 heteroatoms. The van der Waals surface area contributed by atoms with Crippen molar-refractivity contribution in [3.05, 3.63) is 41.7 Å². The Labute approximate surface area is 165 Å². The topological polar surface area (TPSA) is 105 Å². The molecule has 1 aliphatic rings. The van der Waals surface area contributed by atoms with Crippen LogP contribution in [0.2, 0.25) is 0 Å². The zero-order chi connectivity index (χ0) is 18.9. The van der Waals surface area contributed by atoms with E-state index in [1.54, 1.807) is 29.9 Å². The van der Waals surface area contributed by atoms with Crippen LogP contribution in [0, 0.1) is 12.8 Å². The van der Waals surface area contributed by atoms with Crippen molar-refractivity contribution in [1.82, 2.24) is 19.8 Å². The first-order valence-corrected chi connectivity index (χ1v) is 9.84. The molecule has 0 unspecified atom stereocenters. The Bertz CT molecular complexity index is 928. The third-order valence-electron chi connectivity index (χ3n) is 4.72. The maximum atomic E-state index is 12.8. The molecule has 27 heavy (non-hydrogen) atoms. The molecule has 3 rings (SSSR count). The quantitative estimate of drug-likeness (QED) is 0.678. The molecule has 3 N–H and O–H groups in total. The summed E-state index contributed by atoms with van der Waals surface area (Å²) in [6.07, 6.45) is 3.70. The Kier molecular flexibility index (Phi) is 6.63. The van der Waals surface area contributed by atoms with Gasteiger partial charge in [0.15, 0.2) is 0 Å². The van der Waals surface area contributed by atoms with E-state index in [9.17, 15) is 13.2 Å². The number of aryl methyl sites for hydroxylation is 2. The molecule has 148 valence electrons. The average Bonchev–Trinajstić information content (AvgIpc) is 3.25. The zero-order valence-electron chi connectivity index (χ0n) is 15.4. The highest BCUT2D eigenvalue weighted by molar-refractivity contribution is 7.89. The highest BCUT2D eigenvalue weighted by Gasteiger charge is 2.34. The molecule has 1 amide bonds. The fourth-order valence-electron chi connectivity index (χ4n) is 3.25. The number of benzene rings is 1. The van der Waals surface area contributed by atoms with Crippen molar-refractivity contribution in [1.29, 1.82) is 0 Å². The number of nitrogens with zero attached hydrogens (tertiary/aromatic N) is 2. The minimum atomic E-state index is -3.58. The van der Waals surface area contributed by atoms with E-state index in [1.807, 2.05) is 13.2 Å². The summed E-state index contributed by atoms with van der Waals surface area (Å²) in [5.41, 5.74) is 2.10. The molecule has 0 spiro atoms. The van der Waals surface area contributed by atoms with Gasteiger partial charge in [-0.15, -0.1) is 12.4 Å². The van der Waals surface area contributed by atoms with Crippen molar-refractivity contribution in [2.24, 2.45) is 13.0 Å². The van der Waals surface area contributed by atoms with E-state index in [1.165, 1.54) is 13.1 Å². The number of carbonyl (C=O) groups is 1. The summed E-state index contributed by atoms with van der Waals surface area (Å²) in [6, 6.07) is 4.88. The fourth-order valence-corrected chi connectivity index (χ4v) is 4.24. The summed E-state index contributed by atoms with van der Waals surface area (Å²) in [7, 11) is -0.374. The third-order valence-corrected chi connectivity index (χ3v) is 6.27. The fraction of sp³-hybridized carbons (Fsp3) is 0.412. The van der Waals surface area contributed by atoms with Crippen LogP contribution in [0.1, 0.15) is 17.0 Å². The van der Waals surface area contributed by atoms with Gasteiger partial charge in [-0.3, -0.25) is 9.48 Å². The van der Waals surface area contributed by atoms with Crippen molar-refractivity contribution >= 4 is 34.0 Å². The second-order valence-corrected chi connectivity index (χ2v) is 8.35. The number of halogens is 1. The molecule has 0 saturated carbocycles. The summed E-state index contributed by atoms with van der Waals surface area (Å²) < 4.78 is 28.2. The molecule has 1 aromatic heterocycles. The number of hydrogen-bond donors (Lipinski definition) is 3. The summed E-state index contributed by atoms with van der Waals surface area (Å²) >= 11 is 0. The molecule has 2 aromatic rings. The number of anilines is 1. The number of nitrogens with one attached hydrogen (secondary N) is 3. The number of carbonyl (C=O) groups excluding carboxylic acids is 1. The molecular formula is C17H24ClN5O3S. The maximum Gasteiger partial charge on any atom is 0.240 e. The Balaban J connectivity index is 0.00000261. The Morgan fingerprint density at radius 2 is 2.07 bits per heavy atom. The van der Waals surface area contributed by atoms with E-state index in [2.05, 4.69) is 20.5 Å². The van der Waals surface area contributed by atoms with Crippen molar-refractivity contribution in [3.8, 4) is 0 Å². The Morgan fingerprint density at radius 3 is 2.70 bits per heavy atom. The van der Waals surface area contributed by atoms with E-state index in [4.69, 9.17) is 0 Å². The van der Waals surface area contributed by atoms with Crippen LogP contribution in [0.4, 0.5) is 5.69 Å². The van der Waals surface area contributed by atoms with Crippen LogP contribution in [-0.4, -0.2) is 44.2 Å². The molecule has 1 aromatic carbocycles. The van der Waals surface area contributed by atoms with Crippen molar-refractivity contribution in [2.75, 3.05) is 25.5 Å². The third kappa shape index (κ3) is 4.49. The van der Waals surface area contributed by atoms with Gasteiger partial charge < -0.3 is 10.6 Å². The van der Waals surface area contributed by atoms with Gasteiger partial charge in [-0.25, -0.2) is 13.1 Å². The maximum absolute atomic E-state index is 12.8. The smallest absolute Gasteiger partial charge is 0.240 e. The van der Waals surface area contributed by atoms with Gasteiger partial charge in [0.1, 0.15) is 0 Å². The first kappa shape index (κ1) is 21.4. The predicted octanol–water partition coefficient (Wildman–Crippen LogP) is 1.00. The first-order valence-electron chi connectivity index (χ1n) is 8.36. The van der Waals surface area contributed by atoms with Gasteiger partial charge in [0.05, 0.1) is 17.0 Å². The lowest BCUT2D eigenvalue weighted by Crippen LogP contribution is -2.28. The monoisotopic (exact) mass is 413 g/mol. The van der Waals surface area contributed by atoms with Gasteiger partial charge in [0.2, 0.25) is 15.9 Å². The normalized spacial score (nSPS) is 19.5. The molecule has 0 aliphatic carbocycles. The number of sulfonamides is 1. The van der Waals surface area contributed by atoms with Gasteiger partial charge in [-0.1, -0.05) is 6.07 Å². The summed E-state index contributed by atoms with van der Waals surface area (Å²) in [6.45, 7) is 2.99. The van der Waals surface area contributed by atoms with Crippen LogP contribution in [0.3, 0.4) is 0 Å². The van der Waals surface area contributed by atoms with E-state index >= 15 is 0 Å². The van der Waals surface area contributed by atoms with Gasteiger partial charge in [0.25, 0.3) is 0 Å². The SMILES string of the molecule is CNS(=O)(=O)c1cc(NC(=O)[C@H]2CNC[C@@H]2c2cnn(C)c2)ccc1C.Cl. The minimum Gasteiger partial charge on any atom is -0.326 e. The van der Waals surface area contributed by atoms with Crippen LogP contribution in [0.25, 0.3) is 0 Å². The van der Waals surface area contributed by atoms with E-state index in [0.717, 1.165) is 5.56 Å². The summed E-state index contributed by atoms with van der Waals surface area (Å²) in [4.78, 5) is 12.9. The summed E-state index contributed by atoms with van der Waals surface area (Å²) in [5.74, 6) is -0.347. The highest BCUT2D eigenvalue weighted by Crippen LogP contribution is 2.29. The molecule has 0 radical (unpaired) electrons. The number of rotatable bonds is 5. The molecule has 1 aliphatic heterocycles. The molecule has 8 nitrogen and oxygen atoms in total. The van der Waals surface area contributed by atoms with Gasteiger partial charge in [-0.05, 0) is 37.2 Å². The van der Waals surface area contributed by atoms with E-state index < -0.39 is 10.0 Å². The second kappa shape index (κ2) is 8.39. The number of aromatic nitrogens is 2. The van der Waals surface area contributed by atoms with Crippen LogP contribution in [0.5, 0.6) is 0 Å². The molecule has 1 saturated heterocycles. The molecule has 2 heterocycles. The second-order valence-electron chi connectivity index (χ2n) is 6.50. The van der Waals surface area contributed by atoms with Gasteiger partial charge >= 0.3 is 0 Å². The van der Waals surface area contributed by atoms with Crippen molar-refractivity contribution in [3.63, 3.8) is 0 Å². The molecule has 0 bridgehead atoms. The van der Waals surface area contributed by atoms with E-state index in [-0.39, 0.29) is 35.0 Å². The standard InChI is InChI=1S/C17H23N5O3S.ClH/c1-11-4-5-13(6-16(11)26(24,25)18-2)21-17(23)15-9-19-8-14(15)12-7-20-22(3)10-12;/h4-7,10,14-15,18-19H,8-9H2,1-3H3,(H,21,23);1H/t14-,15+;/m1./s1. The summed E-state index contributed by atoms with van der Waals surface area (Å²) in [5, 5.41) is 10.3. The van der Waals surface area contributed by atoms with Crippen molar-refractivity contribution < 1.29 is 13.2 Å². The van der Waals surface area contributed by atoms with Gasteiger partial charge in [-0.2, -0.15) is 5.10 Å². The Morgan fingerprint density at radius 1 is 1.33 bits per heavy atom. The van der Waals surface area contributed by atoms with Crippen LogP contribution < -0.4 is 15.4 Å². The predicted molar refractivity (Wildman–Crippen MR) is 106 cm³/mol. The van der Waals surface area contributed by atoms with Crippen LogP contribution >= 0.6 is 12.4 Å². The van der Waals surface area contributed by atoms with Crippen LogP contribution in [-0.2, 0) is 21.9 Å². The molecular weight excluding hydrogens is 390 g/mol. The van der Waals surface area contributed by atoms with Crippen LogP contribution in [0.15, 0.2) is 35.5 Å². The molecule has 1 fully saturated rings. The highest BCUT2D eigenvalue weighted by atomic mass is 35.5. The minimum absolute atomic E-state index is 0. The van der Waals surface area contributed by atoms with E-state index in [0.29, 0.717) is 24.3 Å². The Hall–Kier alpha value is -1.94.